The Bertz CT molecular complexity index is 946. The van der Waals surface area contributed by atoms with E-state index in [9.17, 15) is 9.59 Å². The topological polar surface area (TPSA) is 80.9 Å². The molecule has 1 fully saturated rings. The second kappa shape index (κ2) is 4.73. The molecule has 3 aromatic rings. The van der Waals surface area contributed by atoms with Crippen LogP contribution in [0.25, 0.3) is 21.8 Å². The zero-order valence-corrected chi connectivity index (χ0v) is 12.1. The van der Waals surface area contributed by atoms with Crippen molar-refractivity contribution in [2.24, 2.45) is 5.73 Å². The third-order valence-electron chi connectivity index (χ3n) is 4.65. The lowest BCUT2D eigenvalue weighted by Gasteiger charge is -2.17. The Morgan fingerprint density at radius 3 is 2.64 bits per heavy atom. The van der Waals surface area contributed by atoms with Gasteiger partial charge < -0.3 is 15.3 Å². The smallest absolute Gasteiger partial charge is 0.265 e. The molecule has 0 unspecified atom stereocenters. The molecule has 5 heteroatoms. The summed E-state index contributed by atoms with van der Waals surface area (Å²) in [4.78, 5) is 27.1. The van der Waals surface area contributed by atoms with Crippen molar-refractivity contribution in [3.05, 3.63) is 46.4 Å². The monoisotopic (exact) mass is 295 g/mol. The summed E-state index contributed by atoms with van der Waals surface area (Å²) in [5.74, 6) is -0.480. The quantitative estimate of drug-likeness (QED) is 0.762. The summed E-state index contributed by atoms with van der Waals surface area (Å²) < 4.78 is 2.00. The molecule has 2 aromatic heterocycles. The normalized spacial score (nSPS) is 15.8. The zero-order chi connectivity index (χ0) is 15.3. The molecule has 2 heterocycles. The minimum Gasteiger partial charge on any atom is -0.364 e. The van der Waals surface area contributed by atoms with Gasteiger partial charge in [0.05, 0.1) is 16.4 Å². The minimum atomic E-state index is -0.480. The number of carbonyl (C=O) groups is 1. The van der Waals surface area contributed by atoms with Crippen molar-refractivity contribution in [1.82, 2.24) is 9.55 Å². The molecule has 22 heavy (non-hydrogen) atoms. The van der Waals surface area contributed by atoms with Crippen LogP contribution >= 0.6 is 0 Å². The van der Waals surface area contributed by atoms with Crippen molar-refractivity contribution in [2.75, 3.05) is 0 Å². The van der Waals surface area contributed by atoms with Crippen LogP contribution in [-0.4, -0.2) is 15.5 Å². The largest absolute Gasteiger partial charge is 0.364 e. The lowest BCUT2D eigenvalue weighted by Crippen LogP contribution is -2.19. The number of nitrogens with zero attached hydrogens (tertiary/aromatic N) is 1. The Morgan fingerprint density at radius 1 is 1.18 bits per heavy atom. The fourth-order valence-corrected chi connectivity index (χ4v) is 3.69. The first-order chi connectivity index (χ1) is 10.7. The molecule has 0 saturated heterocycles. The number of benzene rings is 1. The van der Waals surface area contributed by atoms with Gasteiger partial charge in [-0.2, -0.15) is 0 Å². The van der Waals surface area contributed by atoms with Gasteiger partial charge >= 0.3 is 0 Å². The maximum atomic E-state index is 12.4. The number of hydrogen-bond donors (Lipinski definition) is 2. The molecule has 1 aliphatic carbocycles. The second-order valence-electron chi connectivity index (χ2n) is 5.96. The van der Waals surface area contributed by atoms with Gasteiger partial charge in [-0.1, -0.05) is 31.0 Å². The molecule has 0 aliphatic heterocycles. The summed E-state index contributed by atoms with van der Waals surface area (Å²) in [6.07, 6.45) is 4.32. The predicted molar refractivity (Wildman–Crippen MR) is 86.1 cm³/mol. The van der Waals surface area contributed by atoms with E-state index >= 15 is 0 Å². The average Bonchev–Trinajstić information content (AvgIpc) is 3.14. The number of para-hydroxylation sites is 1. The molecule has 112 valence electrons. The van der Waals surface area contributed by atoms with Gasteiger partial charge in [0.1, 0.15) is 5.69 Å². The van der Waals surface area contributed by atoms with E-state index in [4.69, 9.17) is 5.73 Å². The molecule has 1 aliphatic rings. The number of rotatable bonds is 2. The third kappa shape index (κ3) is 1.78. The third-order valence-corrected chi connectivity index (χ3v) is 4.65. The van der Waals surface area contributed by atoms with Crippen LogP contribution in [0.15, 0.2) is 35.1 Å². The summed E-state index contributed by atoms with van der Waals surface area (Å²) in [5.41, 5.74) is 7.45. The molecule has 4 rings (SSSR count). The van der Waals surface area contributed by atoms with Crippen molar-refractivity contribution in [1.29, 1.82) is 0 Å². The molecule has 1 saturated carbocycles. The van der Waals surface area contributed by atoms with Crippen LogP contribution in [-0.2, 0) is 0 Å². The number of aromatic nitrogens is 2. The average molecular weight is 295 g/mol. The summed E-state index contributed by atoms with van der Waals surface area (Å²) in [6, 6.07) is 9.57. The zero-order valence-electron chi connectivity index (χ0n) is 12.1. The maximum Gasteiger partial charge on any atom is 0.265 e. The number of primary amides is 1. The van der Waals surface area contributed by atoms with E-state index in [1.165, 1.54) is 0 Å². The fraction of sp³-hybridized carbons (Fsp3) is 0.294. The van der Waals surface area contributed by atoms with Gasteiger partial charge in [-0.3, -0.25) is 9.59 Å². The van der Waals surface area contributed by atoms with Crippen molar-refractivity contribution in [3.63, 3.8) is 0 Å². The Hall–Kier alpha value is -2.56. The minimum absolute atomic E-state index is 0.173. The van der Waals surface area contributed by atoms with Gasteiger partial charge in [0.2, 0.25) is 0 Å². The van der Waals surface area contributed by atoms with E-state index in [0.717, 1.165) is 42.1 Å². The van der Waals surface area contributed by atoms with Gasteiger partial charge in [0.15, 0.2) is 0 Å². The van der Waals surface area contributed by atoms with Crippen LogP contribution in [0.5, 0.6) is 0 Å². The first-order valence-corrected chi connectivity index (χ1v) is 7.62. The first-order valence-electron chi connectivity index (χ1n) is 7.62. The standard InChI is InChI=1S/C17H17N3O2/c18-16(21)14-9-12-15(20(14)10-5-1-2-6-10)11-7-3-4-8-13(11)19-17(12)22/h3-4,7-10H,1-2,5-6H2,(H2,18,21)(H,19,22). The molecule has 5 nitrogen and oxygen atoms in total. The molecule has 0 bridgehead atoms. The molecular formula is C17H17N3O2. The van der Waals surface area contributed by atoms with Crippen LogP contribution in [0, 0.1) is 0 Å². The van der Waals surface area contributed by atoms with E-state index < -0.39 is 5.91 Å². The van der Waals surface area contributed by atoms with Crippen molar-refractivity contribution < 1.29 is 4.79 Å². The number of aromatic amines is 1. The van der Waals surface area contributed by atoms with E-state index in [1.54, 1.807) is 6.07 Å². The highest BCUT2D eigenvalue weighted by Gasteiger charge is 2.25. The highest BCUT2D eigenvalue weighted by molar-refractivity contribution is 6.07. The molecule has 1 aromatic carbocycles. The Labute approximate surface area is 126 Å². The highest BCUT2D eigenvalue weighted by Crippen LogP contribution is 2.36. The lowest BCUT2D eigenvalue weighted by molar-refractivity contribution is 0.0990. The highest BCUT2D eigenvalue weighted by atomic mass is 16.1. The number of H-pyrrole nitrogens is 1. The number of pyridine rings is 1. The van der Waals surface area contributed by atoms with Crippen molar-refractivity contribution in [3.8, 4) is 0 Å². The molecule has 0 atom stereocenters. The summed E-state index contributed by atoms with van der Waals surface area (Å²) >= 11 is 0. The molecule has 0 spiro atoms. The fourth-order valence-electron chi connectivity index (χ4n) is 3.69. The molecule has 1 amide bonds. The first kappa shape index (κ1) is 13.1. The summed E-state index contributed by atoms with van der Waals surface area (Å²) in [6.45, 7) is 0. The number of nitrogens with two attached hydrogens (primary N) is 1. The SMILES string of the molecule is NC(=O)c1cc2c(=O)[nH]c3ccccc3c2n1C1CCCC1. The Balaban J connectivity index is 2.19. The van der Waals surface area contributed by atoms with E-state index in [1.807, 2.05) is 28.8 Å². The van der Waals surface area contributed by atoms with Gasteiger partial charge in [-0.05, 0) is 25.0 Å². The molecule has 0 radical (unpaired) electrons. The van der Waals surface area contributed by atoms with Crippen LogP contribution < -0.4 is 11.3 Å². The van der Waals surface area contributed by atoms with Gasteiger partial charge in [0.25, 0.3) is 11.5 Å². The molecule has 3 N–H and O–H groups in total. The number of hydrogen-bond acceptors (Lipinski definition) is 2. The number of fused-ring (bicyclic) bond motifs is 3. The molecular weight excluding hydrogens is 278 g/mol. The van der Waals surface area contributed by atoms with Crippen LogP contribution in [0.4, 0.5) is 0 Å². The van der Waals surface area contributed by atoms with Crippen molar-refractivity contribution >= 4 is 27.7 Å². The van der Waals surface area contributed by atoms with Crippen LogP contribution in [0.1, 0.15) is 42.2 Å². The number of amides is 1. The van der Waals surface area contributed by atoms with Gasteiger partial charge in [0, 0.05) is 11.4 Å². The van der Waals surface area contributed by atoms with Crippen molar-refractivity contribution in [2.45, 2.75) is 31.7 Å². The van der Waals surface area contributed by atoms with Gasteiger partial charge in [-0.25, -0.2) is 0 Å². The number of carbonyl (C=O) groups excluding carboxylic acids is 1. The Kier molecular flexibility index (Phi) is 2.82. The van der Waals surface area contributed by atoms with E-state index in [-0.39, 0.29) is 11.6 Å². The van der Waals surface area contributed by atoms with E-state index in [2.05, 4.69) is 4.98 Å². The lowest BCUT2D eigenvalue weighted by atomic mass is 10.1. The number of nitrogens with one attached hydrogen (secondary N) is 1. The van der Waals surface area contributed by atoms with Gasteiger partial charge in [-0.15, -0.1) is 0 Å². The second-order valence-corrected chi connectivity index (χ2v) is 5.96. The maximum absolute atomic E-state index is 12.4. The Morgan fingerprint density at radius 2 is 1.91 bits per heavy atom. The van der Waals surface area contributed by atoms with E-state index in [0.29, 0.717) is 11.1 Å². The summed E-state index contributed by atoms with van der Waals surface area (Å²) in [5, 5.41) is 1.50. The summed E-state index contributed by atoms with van der Waals surface area (Å²) in [7, 11) is 0. The predicted octanol–water partition coefficient (Wildman–Crippen LogP) is 2.70. The van der Waals surface area contributed by atoms with Crippen LogP contribution in [0.2, 0.25) is 0 Å². The van der Waals surface area contributed by atoms with Crippen LogP contribution in [0.3, 0.4) is 0 Å².